The van der Waals surface area contributed by atoms with Crippen LogP contribution in [0.15, 0.2) is 46.9 Å². The second-order valence-electron chi connectivity index (χ2n) is 8.04. The number of rotatable bonds is 8. The van der Waals surface area contributed by atoms with Crippen LogP contribution < -0.4 is 9.64 Å². The van der Waals surface area contributed by atoms with Gasteiger partial charge in [0.2, 0.25) is 17.7 Å². The van der Waals surface area contributed by atoms with Crippen LogP contribution in [0.4, 0.5) is 5.69 Å². The minimum Gasteiger partial charge on any atom is -0.490 e. The smallest absolute Gasteiger partial charge is 0.302 e. The van der Waals surface area contributed by atoms with Gasteiger partial charge in [0.05, 0.1) is 17.1 Å². The molecule has 0 spiro atoms. The highest BCUT2D eigenvalue weighted by atomic mass is 35.5. The van der Waals surface area contributed by atoms with Gasteiger partial charge in [-0.15, -0.1) is 10.2 Å². The van der Waals surface area contributed by atoms with E-state index in [0.717, 1.165) is 5.56 Å². The Bertz CT molecular complexity index is 1280. The molecule has 3 aromatic rings. The standard InChI is InChI=1S/C25H25ClN4O6/c1-3-22-27-28-23(36-22)14-29-13-17-6-4-5-7-21(17)30(15-24(29)32)25(33)19-9-8-18(12-20(19)26)35-11-10-34-16(2)31/h4-9,12H,3,10-11,13-15H2,1-2H3. The van der Waals surface area contributed by atoms with Gasteiger partial charge in [-0.25, -0.2) is 0 Å². The van der Waals surface area contributed by atoms with Gasteiger partial charge in [-0.2, -0.15) is 0 Å². The largest absolute Gasteiger partial charge is 0.490 e. The summed E-state index contributed by atoms with van der Waals surface area (Å²) >= 11 is 6.43. The number of para-hydroxylation sites is 1. The van der Waals surface area contributed by atoms with Crippen LogP contribution in [0.3, 0.4) is 0 Å². The summed E-state index contributed by atoms with van der Waals surface area (Å²) < 4.78 is 15.9. The lowest BCUT2D eigenvalue weighted by atomic mass is 10.1. The molecule has 0 radical (unpaired) electrons. The van der Waals surface area contributed by atoms with Gasteiger partial charge in [-0.3, -0.25) is 19.3 Å². The number of aromatic nitrogens is 2. The van der Waals surface area contributed by atoms with Crippen molar-refractivity contribution >= 4 is 35.1 Å². The maximum absolute atomic E-state index is 13.6. The molecular weight excluding hydrogens is 488 g/mol. The van der Waals surface area contributed by atoms with Crippen LogP contribution in [-0.2, 0) is 33.8 Å². The predicted octanol–water partition coefficient (Wildman–Crippen LogP) is 3.42. The van der Waals surface area contributed by atoms with Gasteiger partial charge in [0.1, 0.15) is 25.5 Å². The number of hydrogen-bond donors (Lipinski definition) is 0. The van der Waals surface area contributed by atoms with E-state index in [4.69, 9.17) is 25.5 Å². The third kappa shape index (κ3) is 5.83. The highest BCUT2D eigenvalue weighted by Gasteiger charge is 2.31. The second kappa shape index (κ2) is 11.2. The van der Waals surface area contributed by atoms with E-state index in [-0.39, 0.29) is 49.3 Å². The lowest BCUT2D eigenvalue weighted by molar-refractivity contribution is -0.141. The molecule has 2 aromatic carbocycles. The fraction of sp³-hybridized carbons (Fsp3) is 0.320. The molecule has 0 N–H and O–H groups in total. The minimum atomic E-state index is -0.417. The van der Waals surface area contributed by atoms with Gasteiger partial charge in [-0.1, -0.05) is 36.7 Å². The van der Waals surface area contributed by atoms with Crippen molar-refractivity contribution in [2.24, 2.45) is 0 Å². The summed E-state index contributed by atoms with van der Waals surface area (Å²) in [7, 11) is 0. The zero-order chi connectivity index (χ0) is 25.7. The second-order valence-corrected chi connectivity index (χ2v) is 8.45. The average molecular weight is 513 g/mol. The van der Waals surface area contributed by atoms with Gasteiger partial charge < -0.3 is 18.8 Å². The molecule has 0 unspecified atom stereocenters. The summed E-state index contributed by atoms with van der Waals surface area (Å²) in [6.45, 7) is 3.71. The summed E-state index contributed by atoms with van der Waals surface area (Å²) in [6, 6.07) is 12.0. The van der Waals surface area contributed by atoms with Crippen molar-refractivity contribution < 1.29 is 28.3 Å². The molecule has 188 valence electrons. The van der Waals surface area contributed by atoms with Gasteiger partial charge in [-0.05, 0) is 29.8 Å². The number of ether oxygens (including phenoxy) is 2. The van der Waals surface area contributed by atoms with Gasteiger partial charge in [0, 0.05) is 25.6 Å². The Morgan fingerprint density at radius 2 is 1.86 bits per heavy atom. The molecule has 0 atom stereocenters. The van der Waals surface area contributed by atoms with Gasteiger partial charge in [0.25, 0.3) is 5.91 Å². The van der Waals surface area contributed by atoms with Crippen LogP contribution in [0, 0.1) is 0 Å². The SMILES string of the molecule is CCc1nnc(CN2Cc3ccccc3N(C(=O)c3ccc(OCCOC(C)=O)cc3Cl)CC2=O)o1. The molecule has 4 rings (SSSR count). The van der Waals surface area contributed by atoms with E-state index < -0.39 is 11.9 Å². The van der Waals surface area contributed by atoms with Crippen LogP contribution in [-0.4, -0.2) is 52.6 Å². The van der Waals surface area contributed by atoms with Crippen molar-refractivity contribution in [2.75, 3.05) is 24.7 Å². The maximum Gasteiger partial charge on any atom is 0.302 e. The van der Waals surface area contributed by atoms with Crippen LogP contribution >= 0.6 is 11.6 Å². The van der Waals surface area contributed by atoms with E-state index in [0.29, 0.717) is 29.6 Å². The molecule has 1 aliphatic rings. The summed E-state index contributed by atoms with van der Waals surface area (Å²) in [5, 5.41) is 8.15. The van der Waals surface area contributed by atoms with E-state index in [1.807, 2.05) is 25.1 Å². The molecule has 0 saturated carbocycles. The maximum atomic E-state index is 13.6. The zero-order valence-corrected chi connectivity index (χ0v) is 20.7. The van der Waals surface area contributed by atoms with Crippen LogP contribution in [0.2, 0.25) is 5.02 Å². The Kier molecular flexibility index (Phi) is 7.84. The Labute approximate surface area is 212 Å². The Balaban J connectivity index is 1.53. The Hall–Kier alpha value is -3.92. The topological polar surface area (TPSA) is 115 Å². The summed E-state index contributed by atoms with van der Waals surface area (Å²) in [6.07, 6.45) is 0.600. The van der Waals surface area contributed by atoms with E-state index >= 15 is 0 Å². The summed E-state index contributed by atoms with van der Waals surface area (Å²) in [5.41, 5.74) is 1.65. The van der Waals surface area contributed by atoms with Gasteiger partial charge in [0.15, 0.2) is 0 Å². The zero-order valence-electron chi connectivity index (χ0n) is 19.9. The average Bonchev–Trinajstić information content (AvgIpc) is 3.27. The fourth-order valence-corrected chi connectivity index (χ4v) is 4.01. The number of nitrogens with zero attached hydrogens (tertiary/aromatic N) is 4. The number of halogens is 1. The monoisotopic (exact) mass is 512 g/mol. The third-order valence-electron chi connectivity index (χ3n) is 5.50. The number of esters is 1. The van der Waals surface area contributed by atoms with E-state index in [1.165, 1.54) is 17.9 Å². The fourth-order valence-electron chi connectivity index (χ4n) is 3.76. The first-order chi connectivity index (χ1) is 17.4. The van der Waals surface area contributed by atoms with Crippen molar-refractivity contribution in [3.05, 3.63) is 70.4 Å². The van der Waals surface area contributed by atoms with Crippen LogP contribution in [0.1, 0.15) is 41.6 Å². The number of carbonyl (C=O) groups excluding carboxylic acids is 3. The summed E-state index contributed by atoms with van der Waals surface area (Å²) in [4.78, 5) is 40.6. The molecular formula is C25H25ClN4O6. The number of carbonyl (C=O) groups is 3. The highest BCUT2D eigenvalue weighted by molar-refractivity contribution is 6.34. The first kappa shape index (κ1) is 25.2. The molecule has 36 heavy (non-hydrogen) atoms. The number of anilines is 1. The first-order valence-corrected chi connectivity index (χ1v) is 11.8. The quantitative estimate of drug-likeness (QED) is 0.333. The highest BCUT2D eigenvalue weighted by Crippen LogP contribution is 2.30. The number of amides is 2. The number of benzene rings is 2. The molecule has 1 aromatic heterocycles. The van der Waals surface area contributed by atoms with Crippen molar-refractivity contribution in [3.8, 4) is 5.75 Å². The van der Waals surface area contributed by atoms with Crippen molar-refractivity contribution in [3.63, 3.8) is 0 Å². The molecule has 0 aliphatic carbocycles. The van der Waals surface area contributed by atoms with Crippen molar-refractivity contribution in [2.45, 2.75) is 33.4 Å². The van der Waals surface area contributed by atoms with E-state index in [1.54, 1.807) is 23.1 Å². The van der Waals surface area contributed by atoms with E-state index in [2.05, 4.69) is 10.2 Å². The number of fused-ring (bicyclic) bond motifs is 1. The molecule has 0 bridgehead atoms. The minimum absolute atomic E-state index is 0.0974. The van der Waals surface area contributed by atoms with Crippen molar-refractivity contribution in [1.82, 2.24) is 15.1 Å². The predicted molar refractivity (Wildman–Crippen MR) is 130 cm³/mol. The van der Waals surface area contributed by atoms with Crippen molar-refractivity contribution in [1.29, 1.82) is 0 Å². The lowest BCUT2D eigenvalue weighted by Crippen LogP contribution is -2.40. The normalized spacial score (nSPS) is 13.2. The molecule has 1 aliphatic heterocycles. The molecule has 2 heterocycles. The van der Waals surface area contributed by atoms with Crippen LogP contribution in [0.5, 0.6) is 5.75 Å². The Morgan fingerprint density at radius 3 is 2.58 bits per heavy atom. The molecule has 11 heteroatoms. The van der Waals surface area contributed by atoms with Crippen LogP contribution in [0.25, 0.3) is 0 Å². The number of hydrogen-bond acceptors (Lipinski definition) is 8. The molecule has 0 fully saturated rings. The van der Waals surface area contributed by atoms with E-state index in [9.17, 15) is 14.4 Å². The Morgan fingerprint density at radius 1 is 1.08 bits per heavy atom. The molecule has 10 nitrogen and oxygen atoms in total. The first-order valence-electron chi connectivity index (χ1n) is 11.4. The lowest BCUT2D eigenvalue weighted by Gasteiger charge is -2.23. The summed E-state index contributed by atoms with van der Waals surface area (Å²) in [5.74, 6) is 0.180. The number of aryl methyl sites for hydroxylation is 1. The molecule has 0 saturated heterocycles. The van der Waals surface area contributed by atoms with Gasteiger partial charge >= 0.3 is 5.97 Å². The third-order valence-corrected chi connectivity index (χ3v) is 5.81. The molecule has 2 amide bonds.